The zero-order valence-electron chi connectivity index (χ0n) is 11.1. The van der Waals surface area contributed by atoms with Crippen molar-refractivity contribution in [1.82, 2.24) is 5.32 Å². The molecule has 2 N–H and O–H groups in total. The summed E-state index contributed by atoms with van der Waals surface area (Å²) in [6.45, 7) is 5.98. The van der Waals surface area contributed by atoms with Gasteiger partial charge < -0.3 is 15.2 Å². The maximum atomic E-state index is 8.79. The van der Waals surface area contributed by atoms with Crippen molar-refractivity contribution >= 4 is 15.9 Å². The van der Waals surface area contributed by atoms with Crippen molar-refractivity contribution in [3.8, 4) is 5.75 Å². The Morgan fingerprint density at radius 2 is 2.22 bits per heavy atom. The van der Waals surface area contributed by atoms with Gasteiger partial charge in [-0.05, 0) is 32.0 Å². The number of halogens is 1. The Balaban J connectivity index is 2.74. The fourth-order valence-corrected chi connectivity index (χ4v) is 2.05. The minimum atomic E-state index is 0.160. The molecule has 4 heteroatoms. The quantitative estimate of drug-likeness (QED) is 0.723. The topological polar surface area (TPSA) is 41.5 Å². The summed E-state index contributed by atoms with van der Waals surface area (Å²) in [5.74, 6) is 0.883. The van der Waals surface area contributed by atoms with Gasteiger partial charge in [0.15, 0.2) is 0 Å². The van der Waals surface area contributed by atoms with Crippen LogP contribution in [0, 0.1) is 0 Å². The van der Waals surface area contributed by atoms with Crippen molar-refractivity contribution in [3.63, 3.8) is 0 Å². The first kappa shape index (κ1) is 15.5. The van der Waals surface area contributed by atoms with Crippen LogP contribution in [-0.2, 0) is 0 Å². The standard InChI is InChI=1S/C14H22BrNO2/c1-3-7-16-11(2)13-6-5-12(15)10-14(13)18-9-4-8-17/h5-6,10-11,16-17H,3-4,7-9H2,1-2H3. The first-order valence-corrected chi connectivity index (χ1v) is 7.24. The van der Waals surface area contributed by atoms with Crippen LogP contribution in [0.3, 0.4) is 0 Å². The minimum absolute atomic E-state index is 0.160. The zero-order valence-corrected chi connectivity index (χ0v) is 12.7. The smallest absolute Gasteiger partial charge is 0.125 e. The molecule has 0 radical (unpaired) electrons. The van der Waals surface area contributed by atoms with E-state index in [1.165, 1.54) is 0 Å². The molecule has 1 aromatic rings. The molecule has 0 spiro atoms. The molecule has 1 unspecified atom stereocenters. The van der Waals surface area contributed by atoms with E-state index < -0.39 is 0 Å². The Morgan fingerprint density at radius 3 is 2.89 bits per heavy atom. The molecule has 0 heterocycles. The van der Waals surface area contributed by atoms with Crippen LogP contribution in [0.25, 0.3) is 0 Å². The van der Waals surface area contributed by atoms with Crippen molar-refractivity contribution in [2.24, 2.45) is 0 Å². The average molecular weight is 316 g/mol. The molecule has 1 atom stereocenters. The summed E-state index contributed by atoms with van der Waals surface area (Å²) in [6.07, 6.45) is 1.77. The van der Waals surface area contributed by atoms with Crippen LogP contribution in [0.4, 0.5) is 0 Å². The Hall–Kier alpha value is -0.580. The van der Waals surface area contributed by atoms with Gasteiger partial charge in [-0.15, -0.1) is 0 Å². The number of aliphatic hydroxyl groups is 1. The monoisotopic (exact) mass is 315 g/mol. The van der Waals surface area contributed by atoms with Gasteiger partial charge in [0.2, 0.25) is 0 Å². The molecule has 0 amide bonds. The molecule has 0 aliphatic carbocycles. The molecule has 1 rings (SSSR count). The van der Waals surface area contributed by atoms with Gasteiger partial charge in [0.05, 0.1) is 6.61 Å². The van der Waals surface area contributed by atoms with Crippen LogP contribution >= 0.6 is 15.9 Å². The third-order valence-electron chi connectivity index (χ3n) is 2.70. The summed E-state index contributed by atoms with van der Waals surface area (Å²) in [5, 5.41) is 12.2. The molecule has 1 aromatic carbocycles. The lowest BCUT2D eigenvalue weighted by Crippen LogP contribution is -2.20. The molecule has 0 aliphatic rings. The van der Waals surface area contributed by atoms with Crippen molar-refractivity contribution in [2.75, 3.05) is 19.8 Å². The van der Waals surface area contributed by atoms with E-state index >= 15 is 0 Å². The lowest BCUT2D eigenvalue weighted by atomic mass is 10.1. The SMILES string of the molecule is CCCNC(C)c1ccc(Br)cc1OCCCO. The highest BCUT2D eigenvalue weighted by atomic mass is 79.9. The highest BCUT2D eigenvalue weighted by molar-refractivity contribution is 9.10. The van der Waals surface area contributed by atoms with Crippen LogP contribution in [-0.4, -0.2) is 24.9 Å². The fraction of sp³-hybridized carbons (Fsp3) is 0.571. The highest BCUT2D eigenvalue weighted by Gasteiger charge is 2.11. The second-order valence-electron chi connectivity index (χ2n) is 4.28. The summed E-state index contributed by atoms with van der Waals surface area (Å²) >= 11 is 3.46. The van der Waals surface area contributed by atoms with Crippen molar-refractivity contribution in [3.05, 3.63) is 28.2 Å². The second kappa shape index (κ2) is 8.51. The Kier molecular flexibility index (Phi) is 7.32. The van der Waals surface area contributed by atoms with E-state index in [0.717, 1.165) is 28.8 Å². The number of rotatable bonds is 8. The summed E-state index contributed by atoms with van der Waals surface area (Å²) in [4.78, 5) is 0. The molecule has 3 nitrogen and oxygen atoms in total. The lowest BCUT2D eigenvalue weighted by Gasteiger charge is -2.18. The van der Waals surface area contributed by atoms with Crippen LogP contribution in [0.15, 0.2) is 22.7 Å². The van der Waals surface area contributed by atoms with E-state index in [1.807, 2.05) is 12.1 Å². The van der Waals surface area contributed by atoms with Crippen molar-refractivity contribution in [2.45, 2.75) is 32.7 Å². The molecule has 102 valence electrons. The average Bonchev–Trinajstić information content (AvgIpc) is 2.36. The number of hydrogen-bond acceptors (Lipinski definition) is 3. The summed E-state index contributed by atoms with van der Waals surface area (Å²) in [6, 6.07) is 6.35. The maximum Gasteiger partial charge on any atom is 0.125 e. The Labute approximate surface area is 118 Å². The highest BCUT2D eigenvalue weighted by Crippen LogP contribution is 2.28. The van der Waals surface area contributed by atoms with Crippen LogP contribution < -0.4 is 10.1 Å². The second-order valence-corrected chi connectivity index (χ2v) is 5.20. The molecular formula is C14H22BrNO2. The number of aliphatic hydroxyl groups excluding tert-OH is 1. The van der Waals surface area contributed by atoms with E-state index in [9.17, 15) is 0 Å². The predicted octanol–water partition coefficient (Wildman–Crippen LogP) is 3.27. The van der Waals surface area contributed by atoms with Gasteiger partial charge in [-0.1, -0.05) is 28.9 Å². The van der Waals surface area contributed by atoms with Crippen LogP contribution in [0.1, 0.15) is 38.3 Å². The van der Waals surface area contributed by atoms with Gasteiger partial charge in [0, 0.05) is 29.1 Å². The normalized spacial score (nSPS) is 12.4. The molecule has 0 aliphatic heterocycles. The number of ether oxygens (including phenoxy) is 1. The van der Waals surface area contributed by atoms with Crippen molar-refractivity contribution < 1.29 is 9.84 Å². The van der Waals surface area contributed by atoms with E-state index in [4.69, 9.17) is 9.84 Å². The summed E-state index contributed by atoms with van der Waals surface area (Å²) in [7, 11) is 0. The Bertz CT molecular complexity index is 358. The summed E-state index contributed by atoms with van der Waals surface area (Å²) < 4.78 is 6.74. The third kappa shape index (κ3) is 4.96. The first-order valence-electron chi connectivity index (χ1n) is 6.45. The van der Waals surface area contributed by atoms with E-state index in [0.29, 0.717) is 13.0 Å². The van der Waals surface area contributed by atoms with E-state index in [2.05, 4.69) is 41.2 Å². The molecule has 18 heavy (non-hydrogen) atoms. The van der Waals surface area contributed by atoms with Gasteiger partial charge in [0.1, 0.15) is 5.75 Å². The first-order chi connectivity index (χ1) is 8.69. The zero-order chi connectivity index (χ0) is 13.4. The van der Waals surface area contributed by atoms with Crippen molar-refractivity contribution in [1.29, 1.82) is 0 Å². The predicted molar refractivity (Wildman–Crippen MR) is 78.0 cm³/mol. The number of benzene rings is 1. The van der Waals surface area contributed by atoms with Gasteiger partial charge in [-0.3, -0.25) is 0 Å². The van der Waals surface area contributed by atoms with E-state index in [-0.39, 0.29) is 12.6 Å². The number of hydrogen-bond donors (Lipinski definition) is 2. The van der Waals surface area contributed by atoms with E-state index in [1.54, 1.807) is 0 Å². The molecule has 0 fully saturated rings. The van der Waals surface area contributed by atoms with Gasteiger partial charge in [0.25, 0.3) is 0 Å². The fourth-order valence-electron chi connectivity index (χ4n) is 1.71. The molecule has 0 aromatic heterocycles. The molecule has 0 bridgehead atoms. The Morgan fingerprint density at radius 1 is 1.44 bits per heavy atom. The summed E-state index contributed by atoms with van der Waals surface area (Å²) in [5.41, 5.74) is 1.16. The lowest BCUT2D eigenvalue weighted by molar-refractivity contribution is 0.231. The van der Waals surface area contributed by atoms with Crippen LogP contribution in [0.5, 0.6) is 5.75 Å². The largest absolute Gasteiger partial charge is 0.493 e. The minimum Gasteiger partial charge on any atom is -0.493 e. The molecule has 0 saturated heterocycles. The van der Waals surface area contributed by atoms with Crippen LogP contribution in [0.2, 0.25) is 0 Å². The third-order valence-corrected chi connectivity index (χ3v) is 3.20. The number of nitrogens with one attached hydrogen (secondary N) is 1. The maximum absolute atomic E-state index is 8.79. The molecular weight excluding hydrogens is 294 g/mol. The van der Waals surface area contributed by atoms with Gasteiger partial charge >= 0.3 is 0 Å². The van der Waals surface area contributed by atoms with Gasteiger partial charge in [-0.25, -0.2) is 0 Å². The van der Waals surface area contributed by atoms with Gasteiger partial charge in [-0.2, -0.15) is 0 Å². The molecule has 0 saturated carbocycles.